The minimum absolute atomic E-state index is 0.0571. The summed E-state index contributed by atoms with van der Waals surface area (Å²) in [6.45, 7) is 2.07. The number of aromatic nitrogens is 3. The average Bonchev–Trinajstić information content (AvgIpc) is 3.31. The number of hydrogen-bond donors (Lipinski definition) is 3. The van der Waals surface area contributed by atoms with Crippen LogP contribution in [0.15, 0.2) is 24.7 Å². The summed E-state index contributed by atoms with van der Waals surface area (Å²) in [5, 5.41) is 9.18. The molecule has 3 N–H and O–H groups in total. The molecule has 1 saturated carbocycles. The lowest BCUT2D eigenvalue weighted by Gasteiger charge is -2.47. The Hall–Kier alpha value is -2.52. The third-order valence-corrected chi connectivity index (χ3v) is 6.70. The Balaban J connectivity index is 1.34. The van der Waals surface area contributed by atoms with Gasteiger partial charge >= 0.3 is 0 Å². The smallest absolute Gasteiger partial charge is 0.270 e. The Kier molecular flexibility index (Phi) is 3.76. The van der Waals surface area contributed by atoms with Crippen molar-refractivity contribution in [2.45, 2.75) is 36.9 Å². The maximum atomic E-state index is 12.7. The number of carbonyl (C=O) groups excluding carboxylic acids is 2. The van der Waals surface area contributed by atoms with Gasteiger partial charge in [-0.05, 0) is 44.8 Å². The van der Waals surface area contributed by atoms with Gasteiger partial charge in [-0.1, -0.05) is 0 Å². The largest absolute Gasteiger partial charge is 0.365 e. The Morgan fingerprint density at radius 2 is 2.07 bits per heavy atom. The molecule has 0 atom stereocenters. The molecule has 4 fully saturated rings. The molecule has 1 spiro atoms. The first-order valence-electron chi connectivity index (χ1n) is 9.73. The van der Waals surface area contributed by atoms with Crippen LogP contribution in [0.5, 0.6) is 0 Å². The van der Waals surface area contributed by atoms with Crippen LogP contribution in [0, 0.1) is 5.41 Å². The quantitative estimate of drug-likeness (QED) is 0.678. The van der Waals surface area contributed by atoms with Crippen molar-refractivity contribution in [2.75, 3.05) is 26.7 Å². The second-order valence-corrected chi connectivity index (χ2v) is 8.16. The van der Waals surface area contributed by atoms with E-state index in [-0.39, 0.29) is 11.8 Å². The molecule has 2 amide bonds. The van der Waals surface area contributed by atoms with E-state index in [1.165, 1.54) is 6.20 Å². The molecule has 2 aromatic heterocycles. The molecule has 0 aromatic carbocycles. The van der Waals surface area contributed by atoms with Crippen LogP contribution in [0.4, 0.5) is 0 Å². The number of amides is 2. The number of imidazole rings is 1. The highest BCUT2D eigenvalue weighted by atomic mass is 16.5. The third-order valence-electron chi connectivity index (χ3n) is 6.70. The van der Waals surface area contributed by atoms with Gasteiger partial charge in [0.25, 0.3) is 5.91 Å². The number of fused-ring (bicyclic) bond motifs is 1. The van der Waals surface area contributed by atoms with E-state index in [4.69, 9.17) is 4.74 Å². The number of nitrogens with zero attached hydrogens (tertiary/aromatic N) is 3. The molecule has 9 nitrogen and oxygen atoms in total. The van der Waals surface area contributed by atoms with Gasteiger partial charge in [-0.25, -0.2) is 9.97 Å². The van der Waals surface area contributed by atoms with Gasteiger partial charge in [-0.15, -0.1) is 0 Å². The van der Waals surface area contributed by atoms with Gasteiger partial charge in [0.1, 0.15) is 5.69 Å². The third kappa shape index (κ3) is 2.26. The zero-order chi connectivity index (χ0) is 19.4. The predicted molar refractivity (Wildman–Crippen MR) is 99.7 cm³/mol. The highest BCUT2D eigenvalue weighted by Crippen LogP contribution is 2.68. The second kappa shape index (κ2) is 5.99. The van der Waals surface area contributed by atoms with Gasteiger partial charge < -0.3 is 20.7 Å². The fourth-order valence-corrected chi connectivity index (χ4v) is 5.46. The highest BCUT2D eigenvalue weighted by molar-refractivity contribution is 5.93. The molecule has 2 bridgehead atoms. The van der Waals surface area contributed by atoms with Gasteiger partial charge in [-0.3, -0.25) is 14.0 Å². The van der Waals surface area contributed by atoms with Gasteiger partial charge in [0.05, 0.1) is 22.8 Å². The lowest BCUT2D eigenvalue weighted by molar-refractivity contribution is -0.140. The minimum Gasteiger partial charge on any atom is -0.365 e. The van der Waals surface area contributed by atoms with Crippen LogP contribution >= 0.6 is 0 Å². The normalized spacial score (nSPS) is 30.2. The fourth-order valence-electron chi connectivity index (χ4n) is 5.46. The van der Waals surface area contributed by atoms with E-state index < -0.39 is 16.6 Å². The lowest BCUT2D eigenvalue weighted by Crippen LogP contribution is -2.61. The Bertz CT molecular complexity index is 942. The van der Waals surface area contributed by atoms with Crippen LogP contribution in [-0.2, 0) is 9.53 Å². The van der Waals surface area contributed by atoms with Crippen LogP contribution in [0.1, 0.15) is 36.2 Å². The van der Waals surface area contributed by atoms with Crippen molar-refractivity contribution in [2.24, 2.45) is 5.41 Å². The van der Waals surface area contributed by atoms with E-state index >= 15 is 0 Å². The molecule has 5 heterocycles. The van der Waals surface area contributed by atoms with Gasteiger partial charge in [0.15, 0.2) is 0 Å². The molecule has 3 aliphatic heterocycles. The minimum atomic E-state index is -0.484. The molecule has 0 unspecified atom stereocenters. The number of carbonyl (C=O) groups is 2. The van der Waals surface area contributed by atoms with Gasteiger partial charge in [0.2, 0.25) is 11.7 Å². The summed E-state index contributed by atoms with van der Waals surface area (Å²) in [5.74, 6) is 0.322. The first kappa shape index (κ1) is 17.6. The summed E-state index contributed by atoms with van der Waals surface area (Å²) in [6.07, 6.45) is 7.85. The van der Waals surface area contributed by atoms with Crippen molar-refractivity contribution in [3.8, 4) is 0 Å². The average molecular weight is 384 g/mol. The zero-order valence-corrected chi connectivity index (χ0v) is 15.8. The highest BCUT2D eigenvalue weighted by Gasteiger charge is 2.77. The van der Waals surface area contributed by atoms with Crippen molar-refractivity contribution in [1.29, 1.82) is 0 Å². The molecular formula is C19H24N6O3. The number of hydrogen-bond acceptors (Lipinski definition) is 6. The van der Waals surface area contributed by atoms with Crippen molar-refractivity contribution in [3.05, 3.63) is 30.4 Å². The summed E-state index contributed by atoms with van der Waals surface area (Å²) < 4.78 is 8.24. The van der Waals surface area contributed by atoms with E-state index in [2.05, 4.69) is 25.9 Å². The SMILES string of the molecule is CNC(=O)C12CC(CNC(=O)c3cnc4ncccn34)(C1)OC21CCNCC1. The summed E-state index contributed by atoms with van der Waals surface area (Å²) >= 11 is 0. The van der Waals surface area contributed by atoms with Crippen LogP contribution in [-0.4, -0.2) is 64.1 Å². The maximum Gasteiger partial charge on any atom is 0.270 e. The van der Waals surface area contributed by atoms with Crippen molar-refractivity contribution in [3.63, 3.8) is 0 Å². The summed E-state index contributed by atoms with van der Waals surface area (Å²) in [4.78, 5) is 33.8. The van der Waals surface area contributed by atoms with Gasteiger partial charge in [-0.2, -0.15) is 0 Å². The fraction of sp³-hybridized carbons (Fsp3) is 0.579. The van der Waals surface area contributed by atoms with E-state index in [9.17, 15) is 9.59 Å². The molecule has 148 valence electrons. The Labute approximate surface area is 162 Å². The monoisotopic (exact) mass is 384 g/mol. The maximum absolute atomic E-state index is 12.7. The molecule has 0 radical (unpaired) electrons. The zero-order valence-electron chi connectivity index (χ0n) is 15.8. The molecular weight excluding hydrogens is 360 g/mol. The van der Waals surface area contributed by atoms with E-state index in [0.717, 1.165) is 25.9 Å². The second-order valence-electron chi connectivity index (χ2n) is 8.16. The molecule has 9 heteroatoms. The van der Waals surface area contributed by atoms with Crippen LogP contribution < -0.4 is 16.0 Å². The predicted octanol–water partition coefficient (Wildman–Crippen LogP) is -0.123. The first-order valence-corrected chi connectivity index (χ1v) is 9.73. The van der Waals surface area contributed by atoms with Crippen LogP contribution in [0.3, 0.4) is 0 Å². The molecule has 3 saturated heterocycles. The number of rotatable bonds is 4. The number of nitrogens with one attached hydrogen (secondary N) is 3. The number of ether oxygens (including phenoxy) is 1. The molecule has 4 aliphatic rings. The Morgan fingerprint density at radius 1 is 1.29 bits per heavy atom. The van der Waals surface area contributed by atoms with Crippen molar-refractivity contribution < 1.29 is 14.3 Å². The van der Waals surface area contributed by atoms with Crippen molar-refractivity contribution >= 4 is 17.6 Å². The van der Waals surface area contributed by atoms with E-state index in [1.54, 1.807) is 29.9 Å². The molecule has 2 aromatic rings. The molecule has 28 heavy (non-hydrogen) atoms. The standard InChI is InChI=1S/C19H24N6O3/c1-20-15(27)18-10-17(11-18,28-19(18)3-6-21-7-4-19)12-24-14(26)13-9-23-16-22-5-2-8-25(13)16/h2,5,8-9,21H,3-4,6-7,10-12H2,1H3,(H,20,27)(H,24,26). The lowest BCUT2D eigenvalue weighted by atomic mass is 9.53. The van der Waals surface area contributed by atoms with Crippen molar-refractivity contribution in [1.82, 2.24) is 30.3 Å². The van der Waals surface area contributed by atoms with Crippen LogP contribution in [0.2, 0.25) is 0 Å². The summed E-state index contributed by atoms with van der Waals surface area (Å²) in [5.41, 5.74) is -0.956. The number of piperidine rings is 1. The molecule has 1 aliphatic carbocycles. The van der Waals surface area contributed by atoms with E-state index in [0.29, 0.717) is 30.9 Å². The van der Waals surface area contributed by atoms with Gasteiger partial charge in [0, 0.05) is 26.0 Å². The van der Waals surface area contributed by atoms with E-state index in [1.807, 2.05) is 0 Å². The molecule has 6 rings (SSSR count). The Morgan fingerprint density at radius 3 is 2.82 bits per heavy atom. The topological polar surface area (TPSA) is 110 Å². The first-order chi connectivity index (χ1) is 13.5. The van der Waals surface area contributed by atoms with Crippen LogP contribution in [0.25, 0.3) is 5.78 Å². The summed E-state index contributed by atoms with van der Waals surface area (Å²) in [7, 11) is 1.69. The summed E-state index contributed by atoms with van der Waals surface area (Å²) in [6, 6.07) is 1.76.